The quantitative estimate of drug-likeness (QED) is 0.403. The Balaban J connectivity index is 1.59. The molecule has 0 radical (unpaired) electrons. The van der Waals surface area contributed by atoms with Gasteiger partial charge in [-0.1, -0.05) is 60.7 Å². The molecule has 3 aromatic carbocycles. The number of rotatable bonds is 9. The van der Waals surface area contributed by atoms with Crippen molar-refractivity contribution >= 4 is 23.6 Å². The lowest BCUT2D eigenvalue weighted by Gasteiger charge is -2.18. The molecule has 0 aliphatic rings. The fourth-order valence-electron chi connectivity index (χ4n) is 3.07. The Morgan fingerprint density at radius 2 is 1.43 bits per heavy atom. The van der Waals surface area contributed by atoms with E-state index in [-0.39, 0.29) is 13.0 Å². The Morgan fingerprint density at radius 1 is 0.800 bits per heavy atom. The van der Waals surface area contributed by atoms with Gasteiger partial charge in [0.25, 0.3) is 0 Å². The van der Waals surface area contributed by atoms with Gasteiger partial charge in [-0.3, -0.25) is 9.59 Å². The second-order valence-corrected chi connectivity index (χ2v) is 7.44. The highest BCUT2D eigenvalue weighted by Crippen LogP contribution is 2.19. The van der Waals surface area contributed by atoms with Gasteiger partial charge in [-0.2, -0.15) is 0 Å². The largest absolute Gasteiger partial charge is 0.445 e. The maximum Gasteiger partial charge on any atom is 0.408 e. The molecule has 0 heterocycles. The van der Waals surface area contributed by atoms with Crippen LogP contribution in [0, 0.1) is 17.5 Å². The van der Waals surface area contributed by atoms with E-state index in [4.69, 9.17) is 4.74 Å². The number of carbonyl (C=O) groups excluding carboxylic acids is 3. The van der Waals surface area contributed by atoms with Crippen LogP contribution in [-0.2, 0) is 27.4 Å². The molecule has 3 N–H and O–H groups in total. The van der Waals surface area contributed by atoms with Crippen molar-refractivity contribution in [2.75, 3.05) is 11.9 Å². The number of amides is 3. The van der Waals surface area contributed by atoms with Crippen molar-refractivity contribution in [3.05, 3.63) is 101 Å². The third kappa shape index (κ3) is 7.60. The predicted molar refractivity (Wildman–Crippen MR) is 122 cm³/mol. The minimum absolute atomic E-state index is 0.00541. The Labute approximate surface area is 199 Å². The lowest BCUT2D eigenvalue weighted by molar-refractivity contribution is -0.125. The first-order chi connectivity index (χ1) is 16.8. The molecule has 35 heavy (non-hydrogen) atoms. The molecule has 0 aliphatic heterocycles. The zero-order valence-corrected chi connectivity index (χ0v) is 18.4. The molecule has 0 saturated carbocycles. The summed E-state index contributed by atoms with van der Waals surface area (Å²) in [6.45, 7) is -0.613. The molecular formula is C25H22F3N3O4. The van der Waals surface area contributed by atoms with Crippen molar-refractivity contribution in [3.8, 4) is 0 Å². The van der Waals surface area contributed by atoms with Crippen molar-refractivity contribution in [2.24, 2.45) is 0 Å². The summed E-state index contributed by atoms with van der Waals surface area (Å²) in [5.74, 6) is -6.27. The van der Waals surface area contributed by atoms with E-state index in [1.165, 1.54) is 0 Å². The van der Waals surface area contributed by atoms with Gasteiger partial charge in [0.1, 0.15) is 12.6 Å². The highest BCUT2D eigenvalue weighted by atomic mass is 19.2. The van der Waals surface area contributed by atoms with Crippen LogP contribution < -0.4 is 16.0 Å². The number of hydrogen-bond acceptors (Lipinski definition) is 4. The minimum atomic E-state index is -1.73. The molecule has 0 fully saturated rings. The van der Waals surface area contributed by atoms with Crippen LogP contribution in [0.15, 0.2) is 72.8 Å². The summed E-state index contributed by atoms with van der Waals surface area (Å²) in [6.07, 6.45) is -0.731. The first-order valence-electron chi connectivity index (χ1n) is 10.6. The van der Waals surface area contributed by atoms with Crippen LogP contribution in [0.5, 0.6) is 0 Å². The van der Waals surface area contributed by atoms with Gasteiger partial charge in [-0.25, -0.2) is 18.0 Å². The van der Waals surface area contributed by atoms with Gasteiger partial charge in [-0.15, -0.1) is 0 Å². The Morgan fingerprint density at radius 3 is 2.09 bits per heavy atom. The molecule has 0 aromatic heterocycles. The molecule has 0 bridgehead atoms. The molecule has 0 saturated heterocycles. The Bertz CT molecular complexity index is 1180. The van der Waals surface area contributed by atoms with Crippen LogP contribution in [0.1, 0.15) is 11.1 Å². The minimum Gasteiger partial charge on any atom is -0.445 e. The Hall–Kier alpha value is -4.34. The number of nitrogens with one attached hydrogen (secondary N) is 3. The summed E-state index contributed by atoms with van der Waals surface area (Å²) in [4.78, 5) is 37.1. The van der Waals surface area contributed by atoms with Gasteiger partial charge in [0.15, 0.2) is 17.5 Å². The van der Waals surface area contributed by atoms with Crippen molar-refractivity contribution < 1.29 is 32.3 Å². The van der Waals surface area contributed by atoms with Gasteiger partial charge < -0.3 is 20.7 Å². The maximum absolute atomic E-state index is 13.8. The average Bonchev–Trinajstić information content (AvgIpc) is 2.87. The zero-order chi connectivity index (χ0) is 25.2. The summed E-state index contributed by atoms with van der Waals surface area (Å²) < 4.78 is 45.3. The van der Waals surface area contributed by atoms with E-state index in [1.807, 2.05) is 6.07 Å². The molecule has 0 unspecified atom stereocenters. The van der Waals surface area contributed by atoms with Crippen LogP contribution in [-0.4, -0.2) is 30.5 Å². The smallest absolute Gasteiger partial charge is 0.408 e. The van der Waals surface area contributed by atoms with E-state index in [0.717, 1.165) is 17.2 Å². The maximum atomic E-state index is 13.8. The monoisotopic (exact) mass is 485 g/mol. The number of carbonyl (C=O) groups is 3. The molecule has 182 valence electrons. The molecule has 0 aliphatic carbocycles. The lowest BCUT2D eigenvalue weighted by atomic mass is 10.1. The van der Waals surface area contributed by atoms with Gasteiger partial charge in [0.05, 0.1) is 12.2 Å². The van der Waals surface area contributed by atoms with Gasteiger partial charge >= 0.3 is 6.09 Å². The van der Waals surface area contributed by atoms with Crippen molar-refractivity contribution in [2.45, 2.75) is 19.1 Å². The predicted octanol–water partition coefficient (Wildman–Crippen LogP) is 3.70. The first-order valence-corrected chi connectivity index (χ1v) is 10.6. The first kappa shape index (κ1) is 25.3. The normalized spacial score (nSPS) is 11.3. The van der Waals surface area contributed by atoms with Crippen LogP contribution >= 0.6 is 0 Å². The summed E-state index contributed by atoms with van der Waals surface area (Å²) in [5, 5.41) is 6.87. The van der Waals surface area contributed by atoms with Crippen LogP contribution in [0.2, 0.25) is 0 Å². The van der Waals surface area contributed by atoms with E-state index in [2.05, 4.69) is 16.0 Å². The summed E-state index contributed by atoms with van der Waals surface area (Å²) in [6, 6.07) is 18.2. The molecule has 1 atom stereocenters. The fraction of sp³-hybridized carbons (Fsp3) is 0.160. The summed E-state index contributed by atoms with van der Waals surface area (Å²) in [5.41, 5.74) is 0.920. The molecule has 3 aromatic rings. The average molecular weight is 485 g/mol. The number of halogens is 3. The van der Waals surface area contributed by atoms with Gasteiger partial charge in [0.2, 0.25) is 11.8 Å². The lowest BCUT2D eigenvalue weighted by Crippen LogP contribution is -2.49. The van der Waals surface area contributed by atoms with Crippen LogP contribution in [0.25, 0.3) is 0 Å². The summed E-state index contributed by atoms with van der Waals surface area (Å²) >= 11 is 0. The topological polar surface area (TPSA) is 96.5 Å². The van der Waals surface area contributed by atoms with Crippen LogP contribution in [0.4, 0.5) is 23.7 Å². The highest BCUT2D eigenvalue weighted by Gasteiger charge is 2.23. The van der Waals surface area contributed by atoms with E-state index < -0.39 is 53.6 Å². The van der Waals surface area contributed by atoms with E-state index in [1.54, 1.807) is 54.6 Å². The molecular weight excluding hydrogens is 463 g/mol. The number of benzene rings is 3. The van der Waals surface area contributed by atoms with E-state index in [9.17, 15) is 27.6 Å². The van der Waals surface area contributed by atoms with E-state index in [0.29, 0.717) is 6.07 Å². The SMILES string of the molecule is O=C(CNC(=O)[C@H](Cc1ccccc1)NC(=O)OCc1ccccc1)Nc1ccc(F)c(F)c1F. The number of alkyl carbamates (subject to hydrolysis) is 1. The standard InChI is InChI=1S/C25H22F3N3O4/c26-18-11-12-19(23(28)22(18)27)30-21(32)14-29-24(33)20(13-16-7-3-1-4-8-16)31-25(34)35-15-17-9-5-2-6-10-17/h1-12,20H,13-15H2,(H,29,33)(H,30,32)(H,31,34)/t20-/m0/s1. The van der Waals surface area contributed by atoms with Crippen LogP contribution in [0.3, 0.4) is 0 Å². The molecule has 7 nitrogen and oxygen atoms in total. The van der Waals surface area contributed by atoms with Gasteiger partial charge in [0, 0.05) is 6.42 Å². The third-order valence-corrected chi connectivity index (χ3v) is 4.84. The second kappa shape index (κ2) is 12.2. The number of hydrogen-bond donors (Lipinski definition) is 3. The zero-order valence-electron chi connectivity index (χ0n) is 18.4. The highest BCUT2D eigenvalue weighted by molar-refractivity contribution is 5.95. The van der Waals surface area contributed by atoms with Crippen molar-refractivity contribution in [1.82, 2.24) is 10.6 Å². The second-order valence-electron chi connectivity index (χ2n) is 7.44. The van der Waals surface area contributed by atoms with Crippen molar-refractivity contribution in [1.29, 1.82) is 0 Å². The van der Waals surface area contributed by atoms with E-state index >= 15 is 0 Å². The molecule has 10 heteroatoms. The van der Waals surface area contributed by atoms with Gasteiger partial charge in [-0.05, 0) is 23.3 Å². The molecule has 0 spiro atoms. The number of ether oxygens (including phenoxy) is 1. The third-order valence-electron chi connectivity index (χ3n) is 4.84. The molecule has 3 amide bonds. The Kier molecular flexibility index (Phi) is 8.82. The number of anilines is 1. The fourth-order valence-corrected chi connectivity index (χ4v) is 3.07. The molecule has 3 rings (SSSR count). The van der Waals surface area contributed by atoms with Crippen molar-refractivity contribution in [3.63, 3.8) is 0 Å². The summed E-state index contributed by atoms with van der Waals surface area (Å²) in [7, 11) is 0.